The van der Waals surface area contributed by atoms with Crippen LogP contribution in [-0.2, 0) is 12.8 Å². The Morgan fingerprint density at radius 3 is 2.38 bits per heavy atom. The average molecular weight is 331 g/mol. The topological polar surface area (TPSA) is 38.0 Å². The van der Waals surface area contributed by atoms with Gasteiger partial charge in [-0.3, -0.25) is 11.3 Å². The zero-order valence-corrected chi connectivity index (χ0v) is 12.6. The van der Waals surface area contributed by atoms with Gasteiger partial charge in [0.1, 0.15) is 11.6 Å². The molecule has 2 aromatic rings. The van der Waals surface area contributed by atoms with Gasteiger partial charge in [-0.05, 0) is 48.2 Å². The Balaban J connectivity index is 2.10. The van der Waals surface area contributed by atoms with E-state index < -0.39 is 5.82 Å². The van der Waals surface area contributed by atoms with Crippen LogP contribution in [0.5, 0.6) is 0 Å². The Kier molecular flexibility index (Phi) is 5.53. The van der Waals surface area contributed by atoms with Crippen LogP contribution in [0, 0.1) is 11.6 Å². The van der Waals surface area contributed by atoms with Crippen molar-refractivity contribution in [2.24, 2.45) is 5.84 Å². The molecule has 1 unspecified atom stereocenters. The summed E-state index contributed by atoms with van der Waals surface area (Å²) in [5.74, 6) is 4.67. The number of rotatable bonds is 5. The molecular weight excluding hydrogens is 317 g/mol. The van der Waals surface area contributed by atoms with Gasteiger partial charge in [0.2, 0.25) is 0 Å². The normalized spacial score (nSPS) is 12.4. The second kappa shape index (κ2) is 7.18. The second-order valence-corrected chi connectivity index (χ2v) is 5.57. The van der Waals surface area contributed by atoms with Crippen molar-refractivity contribution in [3.8, 4) is 0 Å². The second-order valence-electron chi connectivity index (χ2n) is 4.76. The first-order chi connectivity index (χ1) is 9.99. The first-order valence-electron chi connectivity index (χ1n) is 6.33. The van der Waals surface area contributed by atoms with E-state index in [9.17, 15) is 8.78 Å². The zero-order valence-electron chi connectivity index (χ0n) is 11.0. The van der Waals surface area contributed by atoms with Gasteiger partial charge in [0.25, 0.3) is 0 Å². The largest absolute Gasteiger partial charge is 0.271 e. The quantitative estimate of drug-likeness (QED) is 0.644. The number of halogens is 4. The highest BCUT2D eigenvalue weighted by Crippen LogP contribution is 2.21. The van der Waals surface area contributed by atoms with E-state index in [1.165, 1.54) is 24.3 Å². The molecule has 1 atom stereocenters. The first-order valence-corrected chi connectivity index (χ1v) is 7.09. The number of hydrazine groups is 1. The van der Waals surface area contributed by atoms with Gasteiger partial charge >= 0.3 is 0 Å². The molecule has 0 saturated carbocycles. The van der Waals surface area contributed by atoms with E-state index in [0.29, 0.717) is 17.9 Å². The van der Waals surface area contributed by atoms with E-state index in [2.05, 4.69) is 5.43 Å². The van der Waals surface area contributed by atoms with Gasteiger partial charge < -0.3 is 0 Å². The van der Waals surface area contributed by atoms with Gasteiger partial charge in [0, 0.05) is 11.1 Å². The zero-order chi connectivity index (χ0) is 15.4. The lowest BCUT2D eigenvalue weighted by molar-refractivity contribution is 0.520. The van der Waals surface area contributed by atoms with E-state index in [1.807, 2.05) is 0 Å². The van der Waals surface area contributed by atoms with Gasteiger partial charge in [0.05, 0.1) is 5.02 Å². The molecule has 0 bridgehead atoms. The third kappa shape index (κ3) is 4.38. The fourth-order valence-corrected chi connectivity index (χ4v) is 2.46. The predicted octanol–water partition coefficient (Wildman–Crippen LogP) is 3.89. The van der Waals surface area contributed by atoms with Crippen LogP contribution >= 0.6 is 23.2 Å². The summed E-state index contributed by atoms with van der Waals surface area (Å²) in [5.41, 5.74) is 4.20. The Morgan fingerprint density at radius 1 is 1.00 bits per heavy atom. The van der Waals surface area contributed by atoms with Crippen LogP contribution < -0.4 is 11.3 Å². The van der Waals surface area contributed by atoms with E-state index >= 15 is 0 Å². The summed E-state index contributed by atoms with van der Waals surface area (Å²) >= 11 is 11.6. The minimum Gasteiger partial charge on any atom is -0.271 e. The minimum atomic E-state index is -0.468. The molecule has 3 N–H and O–H groups in total. The van der Waals surface area contributed by atoms with Gasteiger partial charge in [-0.25, -0.2) is 8.78 Å². The molecule has 0 heterocycles. The Hall–Kier alpha value is -1.20. The Morgan fingerprint density at radius 2 is 1.76 bits per heavy atom. The molecular formula is C15H14Cl2F2N2. The average Bonchev–Trinajstić information content (AvgIpc) is 2.44. The molecule has 112 valence electrons. The van der Waals surface area contributed by atoms with Crippen molar-refractivity contribution in [3.05, 3.63) is 69.2 Å². The van der Waals surface area contributed by atoms with Crippen molar-refractivity contribution >= 4 is 23.2 Å². The van der Waals surface area contributed by atoms with Crippen molar-refractivity contribution in [3.63, 3.8) is 0 Å². The molecule has 0 spiro atoms. The van der Waals surface area contributed by atoms with Crippen LogP contribution in [-0.4, -0.2) is 6.04 Å². The number of hydrogen-bond donors (Lipinski definition) is 2. The Labute approximate surface area is 131 Å². The highest BCUT2D eigenvalue weighted by atomic mass is 35.5. The maximum atomic E-state index is 13.4. The minimum absolute atomic E-state index is 0.0811. The van der Waals surface area contributed by atoms with Crippen LogP contribution in [0.15, 0.2) is 36.4 Å². The summed E-state index contributed by atoms with van der Waals surface area (Å²) in [4.78, 5) is 0. The molecule has 6 heteroatoms. The third-order valence-electron chi connectivity index (χ3n) is 3.18. The summed E-state index contributed by atoms with van der Waals surface area (Å²) in [6.07, 6.45) is 0.998. The predicted molar refractivity (Wildman–Crippen MR) is 81.3 cm³/mol. The summed E-state index contributed by atoms with van der Waals surface area (Å²) < 4.78 is 26.4. The summed E-state index contributed by atoms with van der Waals surface area (Å²) in [7, 11) is 0. The molecule has 0 aliphatic rings. The molecule has 2 rings (SSSR count). The number of nitrogens with two attached hydrogens (primary N) is 1. The van der Waals surface area contributed by atoms with Crippen LogP contribution in [0.4, 0.5) is 8.78 Å². The molecule has 0 aliphatic carbocycles. The highest BCUT2D eigenvalue weighted by Gasteiger charge is 2.13. The summed E-state index contributed by atoms with van der Waals surface area (Å²) in [5, 5.41) is 0.426. The van der Waals surface area contributed by atoms with Crippen LogP contribution in [0.25, 0.3) is 0 Å². The number of hydrogen-bond acceptors (Lipinski definition) is 2. The van der Waals surface area contributed by atoms with E-state index in [1.54, 1.807) is 12.1 Å². The van der Waals surface area contributed by atoms with Gasteiger partial charge in [-0.15, -0.1) is 0 Å². The van der Waals surface area contributed by atoms with Crippen molar-refractivity contribution in [2.75, 3.05) is 0 Å². The molecule has 0 fully saturated rings. The lowest BCUT2D eigenvalue weighted by Crippen LogP contribution is -2.38. The molecule has 0 aromatic heterocycles. The highest BCUT2D eigenvalue weighted by molar-refractivity contribution is 6.31. The molecule has 0 radical (unpaired) electrons. The van der Waals surface area contributed by atoms with Crippen molar-refractivity contribution in [2.45, 2.75) is 18.9 Å². The van der Waals surface area contributed by atoms with Crippen molar-refractivity contribution in [1.29, 1.82) is 0 Å². The lowest BCUT2D eigenvalue weighted by Gasteiger charge is -2.17. The Bertz CT molecular complexity index is 635. The summed E-state index contributed by atoms with van der Waals surface area (Å²) in [6.45, 7) is 0. The molecule has 0 amide bonds. The maximum Gasteiger partial charge on any atom is 0.142 e. The standard InChI is InChI=1S/C15H14Cl2F2N2/c16-13-4-1-9(6-15(13)19)5-12(21-20)7-10-2-3-11(18)8-14(10)17/h1-4,6,8,12,21H,5,7,20H2. The first kappa shape index (κ1) is 16.2. The number of nitrogens with one attached hydrogen (secondary N) is 1. The monoisotopic (exact) mass is 330 g/mol. The van der Waals surface area contributed by atoms with E-state index in [-0.39, 0.29) is 16.9 Å². The van der Waals surface area contributed by atoms with E-state index in [4.69, 9.17) is 29.0 Å². The van der Waals surface area contributed by atoms with Crippen molar-refractivity contribution in [1.82, 2.24) is 5.43 Å². The molecule has 2 aromatic carbocycles. The van der Waals surface area contributed by atoms with Gasteiger partial charge in [-0.2, -0.15) is 0 Å². The molecule has 2 nitrogen and oxygen atoms in total. The van der Waals surface area contributed by atoms with Gasteiger partial charge in [0.15, 0.2) is 0 Å². The van der Waals surface area contributed by atoms with Crippen molar-refractivity contribution < 1.29 is 8.78 Å². The smallest absolute Gasteiger partial charge is 0.142 e. The fourth-order valence-electron chi connectivity index (χ4n) is 2.09. The molecule has 0 saturated heterocycles. The SMILES string of the molecule is NNC(Cc1ccc(Cl)c(F)c1)Cc1ccc(F)cc1Cl. The van der Waals surface area contributed by atoms with Crippen LogP contribution in [0.3, 0.4) is 0 Å². The fraction of sp³-hybridized carbons (Fsp3) is 0.200. The van der Waals surface area contributed by atoms with Crippen LogP contribution in [0.1, 0.15) is 11.1 Å². The molecule has 0 aliphatic heterocycles. The van der Waals surface area contributed by atoms with E-state index in [0.717, 1.165) is 11.1 Å². The summed E-state index contributed by atoms with van der Waals surface area (Å²) in [6, 6.07) is 8.67. The number of benzene rings is 2. The van der Waals surface area contributed by atoms with Crippen LogP contribution in [0.2, 0.25) is 10.0 Å². The van der Waals surface area contributed by atoms with Gasteiger partial charge in [-0.1, -0.05) is 35.3 Å². The lowest BCUT2D eigenvalue weighted by atomic mass is 9.99. The maximum absolute atomic E-state index is 13.4. The third-order valence-corrected chi connectivity index (χ3v) is 3.84. The molecule has 21 heavy (non-hydrogen) atoms.